The fourth-order valence-corrected chi connectivity index (χ4v) is 2.62. The van der Waals surface area contributed by atoms with Crippen LogP contribution in [0, 0.1) is 0 Å². The minimum absolute atomic E-state index is 0.0594. The molecule has 0 unspecified atom stereocenters. The Labute approximate surface area is 121 Å². The molecule has 2 aromatic rings. The van der Waals surface area contributed by atoms with Gasteiger partial charge in [0.05, 0.1) is 11.4 Å². The van der Waals surface area contributed by atoms with Gasteiger partial charge in [-0.1, -0.05) is 43.8 Å². The van der Waals surface area contributed by atoms with Gasteiger partial charge in [0.25, 0.3) is 0 Å². The average Bonchev–Trinajstić information content (AvgIpc) is 2.92. The van der Waals surface area contributed by atoms with Gasteiger partial charge in [-0.2, -0.15) is 4.68 Å². The lowest BCUT2D eigenvalue weighted by atomic mass is 10.0. The Bertz CT molecular complexity index is 590. The number of tetrazole rings is 1. The standard InChI is InChI=1S/C13H16N4O2S/c1-3-9-6-5-7-10(4-2)12(9)17-13(14-15-16-17)20-8-11(18)19/h5-7H,3-4,8H2,1-2H3,(H,18,19). The van der Waals surface area contributed by atoms with Crippen LogP contribution in [0.3, 0.4) is 0 Å². The summed E-state index contributed by atoms with van der Waals surface area (Å²) in [6, 6.07) is 6.11. The summed E-state index contributed by atoms with van der Waals surface area (Å²) in [6.07, 6.45) is 1.73. The molecule has 0 aliphatic carbocycles. The smallest absolute Gasteiger partial charge is 0.313 e. The zero-order valence-electron chi connectivity index (χ0n) is 11.4. The molecule has 0 fully saturated rings. The molecular weight excluding hydrogens is 276 g/mol. The maximum atomic E-state index is 10.7. The van der Waals surface area contributed by atoms with Gasteiger partial charge in [0.1, 0.15) is 0 Å². The van der Waals surface area contributed by atoms with Gasteiger partial charge in [0.2, 0.25) is 5.16 Å². The van der Waals surface area contributed by atoms with Crippen molar-refractivity contribution in [3.05, 3.63) is 29.3 Å². The molecule has 1 aromatic heterocycles. The second-order valence-corrected chi connectivity index (χ2v) is 5.13. The fraction of sp³-hybridized carbons (Fsp3) is 0.385. The van der Waals surface area contributed by atoms with Crippen molar-refractivity contribution in [1.29, 1.82) is 0 Å². The van der Waals surface area contributed by atoms with Crippen LogP contribution in [0.15, 0.2) is 23.4 Å². The number of hydrogen-bond donors (Lipinski definition) is 1. The highest BCUT2D eigenvalue weighted by molar-refractivity contribution is 7.99. The summed E-state index contributed by atoms with van der Waals surface area (Å²) in [5.74, 6) is -0.945. The third-order valence-corrected chi connectivity index (χ3v) is 3.85. The number of para-hydroxylation sites is 1. The summed E-state index contributed by atoms with van der Waals surface area (Å²) < 4.78 is 1.64. The highest BCUT2D eigenvalue weighted by Crippen LogP contribution is 2.25. The first-order valence-corrected chi connectivity index (χ1v) is 7.40. The van der Waals surface area contributed by atoms with E-state index in [1.807, 2.05) is 18.2 Å². The minimum Gasteiger partial charge on any atom is -0.481 e. The number of aliphatic carboxylic acids is 1. The van der Waals surface area contributed by atoms with Crippen LogP contribution in [0.1, 0.15) is 25.0 Å². The third kappa shape index (κ3) is 2.98. The van der Waals surface area contributed by atoms with Crippen LogP contribution in [0.5, 0.6) is 0 Å². The predicted octanol–water partition coefficient (Wildman–Crippen LogP) is 1.96. The van der Waals surface area contributed by atoms with Gasteiger partial charge in [-0.05, 0) is 34.4 Å². The van der Waals surface area contributed by atoms with Gasteiger partial charge in [-0.3, -0.25) is 4.79 Å². The summed E-state index contributed by atoms with van der Waals surface area (Å²) in [6.45, 7) is 4.15. The summed E-state index contributed by atoms with van der Waals surface area (Å²) in [4.78, 5) is 10.7. The van der Waals surface area contributed by atoms with Crippen LogP contribution in [-0.4, -0.2) is 37.0 Å². The topological polar surface area (TPSA) is 80.9 Å². The monoisotopic (exact) mass is 292 g/mol. The van der Waals surface area contributed by atoms with Crippen LogP contribution in [0.25, 0.3) is 5.69 Å². The molecule has 2 rings (SSSR count). The Hall–Kier alpha value is -1.89. The van der Waals surface area contributed by atoms with Gasteiger partial charge in [-0.15, -0.1) is 5.10 Å². The first-order valence-electron chi connectivity index (χ1n) is 6.41. The summed E-state index contributed by atoms with van der Waals surface area (Å²) in [5.41, 5.74) is 3.26. The Morgan fingerprint density at radius 1 is 1.30 bits per heavy atom. The summed E-state index contributed by atoms with van der Waals surface area (Å²) in [5, 5.41) is 20.9. The zero-order chi connectivity index (χ0) is 14.5. The molecular formula is C13H16N4O2S. The number of benzene rings is 1. The van der Waals surface area contributed by atoms with E-state index in [1.54, 1.807) is 4.68 Å². The molecule has 20 heavy (non-hydrogen) atoms. The van der Waals surface area contributed by atoms with E-state index in [9.17, 15) is 4.79 Å². The molecule has 1 heterocycles. The van der Waals surface area contributed by atoms with Gasteiger partial charge in [-0.25, -0.2) is 0 Å². The first-order chi connectivity index (χ1) is 9.67. The van der Waals surface area contributed by atoms with E-state index in [1.165, 1.54) is 0 Å². The summed E-state index contributed by atoms with van der Waals surface area (Å²) >= 11 is 1.12. The average molecular weight is 292 g/mol. The van der Waals surface area contributed by atoms with Gasteiger partial charge >= 0.3 is 5.97 Å². The SMILES string of the molecule is CCc1cccc(CC)c1-n1nnnc1SCC(=O)O. The highest BCUT2D eigenvalue weighted by atomic mass is 32.2. The molecule has 7 heteroatoms. The van der Waals surface area contributed by atoms with Crippen molar-refractivity contribution in [2.24, 2.45) is 0 Å². The lowest BCUT2D eigenvalue weighted by Gasteiger charge is -2.13. The van der Waals surface area contributed by atoms with Gasteiger partial charge in [0, 0.05) is 0 Å². The number of carbonyl (C=O) groups is 1. The molecule has 0 atom stereocenters. The highest BCUT2D eigenvalue weighted by Gasteiger charge is 2.16. The maximum absolute atomic E-state index is 10.7. The van der Waals surface area contributed by atoms with Crippen molar-refractivity contribution in [3.63, 3.8) is 0 Å². The Morgan fingerprint density at radius 2 is 1.95 bits per heavy atom. The number of rotatable bonds is 6. The molecule has 6 nitrogen and oxygen atoms in total. The second-order valence-electron chi connectivity index (χ2n) is 4.19. The molecule has 0 aliphatic heterocycles. The minimum atomic E-state index is -0.885. The summed E-state index contributed by atoms with van der Waals surface area (Å²) in [7, 11) is 0. The number of nitrogens with zero attached hydrogens (tertiary/aromatic N) is 4. The molecule has 0 aliphatic rings. The van der Waals surface area contributed by atoms with Gasteiger partial charge in [0.15, 0.2) is 0 Å². The van der Waals surface area contributed by atoms with Crippen molar-refractivity contribution < 1.29 is 9.90 Å². The van der Waals surface area contributed by atoms with Crippen molar-refractivity contribution in [1.82, 2.24) is 20.2 Å². The van der Waals surface area contributed by atoms with E-state index in [4.69, 9.17) is 5.11 Å². The van der Waals surface area contributed by atoms with Crippen LogP contribution < -0.4 is 0 Å². The molecule has 106 valence electrons. The van der Waals surface area contributed by atoms with Crippen LogP contribution in [0.4, 0.5) is 0 Å². The fourth-order valence-electron chi connectivity index (χ4n) is 2.02. The number of thioether (sulfide) groups is 1. The van der Waals surface area contributed by atoms with Crippen molar-refractivity contribution in [3.8, 4) is 5.69 Å². The molecule has 0 radical (unpaired) electrons. The van der Waals surface area contributed by atoms with Crippen molar-refractivity contribution >= 4 is 17.7 Å². The van der Waals surface area contributed by atoms with Crippen molar-refractivity contribution in [2.75, 3.05) is 5.75 Å². The predicted molar refractivity (Wildman–Crippen MR) is 76.3 cm³/mol. The normalized spacial score (nSPS) is 10.7. The van der Waals surface area contributed by atoms with E-state index < -0.39 is 5.97 Å². The quantitative estimate of drug-likeness (QED) is 0.820. The number of carboxylic acid groups (broad SMARTS) is 1. The molecule has 0 spiro atoms. The molecule has 0 saturated carbocycles. The Morgan fingerprint density at radius 3 is 2.50 bits per heavy atom. The largest absolute Gasteiger partial charge is 0.481 e. The van der Waals surface area contributed by atoms with E-state index >= 15 is 0 Å². The van der Waals surface area contributed by atoms with E-state index in [2.05, 4.69) is 29.4 Å². The van der Waals surface area contributed by atoms with E-state index in [-0.39, 0.29) is 5.75 Å². The van der Waals surface area contributed by atoms with Crippen molar-refractivity contribution in [2.45, 2.75) is 31.8 Å². The van der Waals surface area contributed by atoms with Crippen LogP contribution >= 0.6 is 11.8 Å². The Balaban J connectivity index is 2.46. The zero-order valence-corrected chi connectivity index (χ0v) is 12.2. The first kappa shape index (κ1) is 14.5. The molecule has 1 aromatic carbocycles. The van der Waals surface area contributed by atoms with Crippen LogP contribution in [0.2, 0.25) is 0 Å². The maximum Gasteiger partial charge on any atom is 0.313 e. The molecule has 0 amide bonds. The second kappa shape index (κ2) is 6.51. The molecule has 1 N–H and O–H groups in total. The number of aryl methyl sites for hydroxylation is 2. The van der Waals surface area contributed by atoms with Gasteiger partial charge < -0.3 is 5.11 Å². The lowest BCUT2D eigenvalue weighted by Crippen LogP contribution is -2.08. The third-order valence-electron chi connectivity index (χ3n) is 2.94. The number of aromatic nitrogens is 4. The lowest BCUT2D eigenvalue weighted by molar-refractivity contribution is -0.133. The molecule has 0 bridgehead atoms. The molecule has 0 saturated heterocycles. The van der Waals surface area contributed by atoms with E-state index in [0.29, 0.717) is 5.16 Å². The number of carboxylic acids is 1. The van der Waals surface area contributed by atoms with Crippen LogP contribution in [-0.2, 0) is 17.6 Å². The number of hydrogen-bond acceptors (Lipinski definition) is 5. The Kier molecular flexibility index (Phi) is 4.73. The van der Waals surface area contributed by atoms with E-state index in [0.717, 1.165) is 41.4 Å².